The van der Waals surface area contributed by atoms with Gasteiger partial charge >= 0.3 is 0 Å². The van der Waals surface area contributed by atoms with Crippen molar-refractivity contribution in [1.29, 1.82) is 0 Å². The molecule has 3 rings (SSSR count). The van der Waals surface area contributed by atoms with Crippen molar-refractivity contribution in [3.05, 3.63) is 59.0 Å². The lowest BCUT2D eigenvalue weighted by Crippen LogP contribution is -1.89. The van der Waals surface area contributed by atoms with E-state index in [0.29, 0.717) is 0 Å². The fraction of sp³-hybridized carbons (Fsp3) is 0.118. The van der Waals surface area contributed by atoms with E-state index in [1.165, 1.54) is 11.1 Å². The third-order valence-electron chi connectivity index (χ3n) is 3.40. The van der Waals surface area contributed by atoms with Crippen molar-refractivity contribution in [1.82, 2.24) is 4.98 Å². The molecule has 1 aromatic heterocycles. The highest BCUT2D eigenvalue weighted by Crippen LogP contribution is 2.29. The van der Waals surface area contributed by atoms with Gasteiger partial charge in [0.15, 0.2) is 5.13 Å². The van der Waals surface area contributed by atoms with E-state index in [4.69, 9.17) is 0 Å². The van der Waals surface area contributed by atoms with Crippen LogP contribution in [0.4, 0.5) is 10.8 Å². The molecule has 0 spiro atoms. The lowest BCUT2D eigenvalue weighted by atomic mass is 10.1. The van der Waals surface area contributed by atoms with Crippen LogP contribution in [0.5, 0.6) is 5.75 Å². The van der Waals surface area contributed by atoms with E-state index in [9.17, 15) is 5.11 Å². The molecule has 0 amide bonds. The molecule has 0 aliphatic rings. The Bertz CT molecular complexity index is 780. The Morgan fingerprint density at radius 3 is 2.67 bits per heavy atom. The number of aromatic nitrogens is 1. The van der Waals surface area contributed by atoms with Crippen LogP contribution in [-0.2, 0) is 0 Å². The topological polar surface area (TPSA) is 45.1 Å². The molecule has 0 aliphatic carbocycles. The second kappa shape index (κ2) is 5.58. The first-order valence-electron chi connectivity index (χ1n) is 6.71. The Labute approximate surface area is 127 Å². The number of benzene rings is 2. The van der Waals surface area contributed by atoms with Gasteiger partial charge in [-0.3, -0.25) is 0 Å². The quantitative estimate of drug-likeness (QED) is 0.724. The highest BCUT2D eigenvalue weighted by Gasteiger charge is 2.06. The SMILES string of the molecule is Cc1ccc(-c2csc(Nc3cccc(O)c3)n2)cc1C. The summed E-state index contributed by atoms with van der Waals surface area (Å²) in [6, 6.07) is 13.4. The summed E-state index contributed by atoms with van der Waals surface area (Å²) in [6.07, 6.45) is 0. The smallest absolute Gasteiger partial charge is 0.187 e. The molecule has 3 aromatic rings. The molecule has 0 aliphatic heterocycles. The minimum absolute atomic E-state index is 0.242. The van der Waals surface area contributed by atoms with Crippen molar-refractivity contribution < 1.29 is 5.11 Å². The van der Waals surface area contributed by atoms with E-state index in [0.717, 1.165) is 22.1 Å². The van der Waals surface area contributed by atoms with Gasteiger partial charge in [0.2, 0.25) is 0 Å². The number of phenolic OH excluding ortho intramolecular Hbond substituents is 1. The van der Waals surface area contributed by atoms with Gasteiger partial charge in [-0.2, -0.15) is 0 Å². The van der Waals surface area contributed by atoms with Crippen molar-refractivity contribution in [3.63, 3.8) is 0 Å². The number of hydrogen-bond donors (Lipinski definition) is 2. The average Bonchev–Trinajstić information content (AvgIpc) is 2.90. The summed E-state index contributed by atoms with van der Waals surface area (Å²) >= 11 is 1.55. The minimum atomic E-state index is 0.242. The van der Waals surface area contributed by atoms with Crippen LogP contribution in [-0.4, -0.2) is 10.1 Å². The first-order chi connectivity index (χ1) is 10.1. The Morgan fingerprint density at radius 2 is 1.90 bits per heavy atom. The fourth-order valence-corrected chi connectivity index (χ4v) is 2.81. The Balaban J connectivity index is 1.84. The number of thiazole rings is 1. The molecular weight excluding hydrogens is 280 g/mol. The van der Waals surface area contributed by atoms with E-state index in [1.807, 2.05) is 11.4 Å². The predicted molar refractivity (Wildman–Crippen MR) is 88.4 cm³/mol. The first-order valence-corrected chi connectivity index (χ1v) is 7.59. The van der Waals surface area contributed by atoms with Crippen LogP contribution < -0.4 is 5.32 Å². The maximum atomic E-state index is 9.47. The van der Waals surface area contributed by atoms with Crippen LogP contribution in [0.25, 0.3) is 11.3 Å². The zero-order chi connectivity index (χ0) is 14.8. The highest BCUT2D eigenvalue weighted by atomic mass is 32.1. The van der Waals surface area contributed by atoms with Gasteiger partial charge in [-0.25, -0.2) is 4.98 Å². The lowest BCUT2D eigenvalue weighted by molar-refractivity contribution is 0.475. The zero-order valence-electron chi connectivity index (χ0n) is 11.9. The van der Waals surface area contributed by atoms with Gasteiger partial charge in [-0.1, -0.05) is 18.2 Å². The summed E-state index contributed by atoms with van der Waals surface area (Å²) in [5, 5.41) is 15.5. The number of hydrogen-bond acceptors (Lipinski definition) is 4. The molecule has 0 saturated carbocycles. The number of nitrogens with one attached hydrogen (secondary N) is 1. The molecule has 4 heteroatoms. The molecule has 0 saturated heterocycles. The number of anilines is 2. The molecule has 0 bridgehead atoms. The van der Waals surface area contributed by atoms with Gasteiger partial charge in [0, 0.05) is 22.7 Å². The second-order valence-corrected chi connectivity index (χ2v) is 5.87. The van der Waals surface area contributed by atoms with Crippen molar-refractivity contribution in [2.24, 2.45) is 0 Å². The minimum Gasteiger partial charge on any atom is -0.508 e. The third kappa shape index (κ3) is 3.06. The normalized spacial score (nSPS) is 10.6. The summed E-state index contributed by atoms with van der Waals surface area (Å²) in [5.41, 5.74) is 5.47. The van der Waals surface area contributed by atoms with Crippen molar-refractivity contribution in [2.75, 3.05) is 5.32 Å². The van der Waals surface area contributed by atoms with Gasteiger partial charge in [0.05, 0.1) is 5.69 Å². The van der Waals surface area contributed by atoms with Gasteiger partial charge in [-0.15, -0.1) is 11.3 Å². The van der Waals surface area contributed by atoms with Crippen LogP contribution in [0.2, 0.25) is 0 Å². The van der Waals surface area contributed by atoms with Crippen molar-refractivity contribution in [2.45, 2.75) is 13.8 Å². The zero-order valence-corrected chi connectivity index (χ0v) is 12.7. The third-order valence-corrected chi connectivity index (χ3v) is 4.16. The molecule has 3 nitrogen and oxygen atoms in total. The largest absolute Gasteiger partial charge is 0.508 e. The predicted octanol–water partition coefficient (Wildman–Crippen LogP) is 4.88. The molecule has 0 fully saturated rings. The van der Waals surface area contributed by atoms with Crippen LogP contribution >= 0.6 is 11.3 Å². The standard InChI is InChI=1S/C17H16N2OS/c1-11-6-7-13(8-12(11)2)16-10-21-17(19-16)18-14-4-3-5-15(20)9-14/h3-10,20H,1-2H3,(H,18,19). The summed E-state index contributed by atoms with van der Waals surface area (Å²) in [6.45, 7) is 4.21. The Morgan fingerprint density at radius 1 is 1.05 bits per heavy atom. The van der Waals surface area contributed by atoms with Crippen LogP contribution in [0, 0.1) is 13.8 Å². The van der Waals surface area contributed by atoms with E-state index < -0.39 is 0 Å². The van der Waals surface area contributed by atoms with Crippen LogP contribution in [0.3, 0.4) is 0 Å². The fourth-order valence-electron chi connectivity index (χ4n) is 2.07. The van der Waals surface area contributed by atoms with E-state index in [1.54, 1.807) is 29.5 Å². The van der Waals surface area contributed by atoms with E-state index in [2.05, 4.69) is 42.3 Å². The highest BCUT2D eigenvalue weighted by molar-refractivity contribution is 7.14. The first kappa shape index (κ1) is 13.6. The maximum absolute atomic E-state index is 9.47. The van der Waals surface area contributed by atoms with Gasteiger partial charge in [-0.05, 0) is 43.2 Å². The Hall–Kier alpha value is -2.33. The number of aryl methyl sites for hydroxylation is 2. The molecule has 2 N–H and O–H groups in total. The molecule has 0 atom stereocenters. The monoisotopic (exact) mass is 296 g/mol. The number of aromatic hydroxyl groups is 1. The Kier molecular flexibility index (Phi) is 3.62. The molecule has 21 heavy (non-hydrogen) atoms. The molecule has 2 aromatic carbocycles. The summed E-state index contributed by atoms with van der Waals surface area (Å²) in [7, 11) is 0. The second-order valence-electron chi connectivity index (χ2n) is 5.01. The summed E-state index contributed by atoms with van der Waals surface area (Å²) < 4.78 is 0. The van der Waals surface area contributed by atoms with Gasteiger partial charge in [0.1, 0.15) is 5.75 Å². The van der Waals surface area contributed by atoms with Gasteiger partial charge < -0.3 is 10.4 Å². The molecule has 0 unspecified atom stereocenters. The number of nitrogens with zero attached hydrogens (tertiary/aromatic N) is 1. The van der Waals surface area contributed by atoms with Crippen LogP contribution in [0.15, 0.2) is 47.8 Å². The van der Waals surface area contributed by atoms with E-state index in [-0.39, 0.29) is 5.75 Å². The molecule has 106 valence electrons. The van der Waals surface area contributed by atoms with Crippen LogP contribution in [0.1, 0.15) is 11.1 Å². The summed E-state index contributed by atoms with van der Waals surface area (Å²) in [5.74, 6) is 0.242. The van der Waals surface area contributed by atoms with E-state index >= 15 is 0 Å². The van der Waals surface area contributed by atoms with Crippen molar-refractivity contribution >= 4 is 22.2 Å². The summed E-state index contributed by atoms with van der Waals surface area (Å²) in [4.78, 5) is 4.60. The number of rotatable bonds is 3. The molecular formula is C17H16N2OS. The lowest BCUT2D eigenvalue weighted by Gasteiger charge is -2.03. The number of phenols is 1. The maximum Gasteiger partial charge on any atom is 0.187 e. The van der Waals surface area contributed by atoms with Crippen molar-refractivity contribution in [3.8, 4) is 17.0 Å². The van der Waals surface area contributed by atoms with Gasteiger partial charge in [0.25, 0.3) is 0 Å². The molecule has 0 radical (unpaired) electrons. The average molecular weight is 296 g/mol. The molecule has 1 heterocycles.